The van der Waals surface area contributed by atoms with Crippen molar-refractivity contribution >= 4 is 40.1 Å². The molecule has 1 N–H and O–H groups in total. The van der Waals surface area contributed by atoms with Crippen LogP contribution in [-0.4, -0.2) is 75.0 Å². The number of pyridine rings is 1. The summed E-state index contributed by atoms with van der Waals surface area (Å²) in [6, 6.07) is 5.77. The van der Waals surface area contributed by atoms with Crippen LogP contribution in [0.4, 0.5) is 5.95 Å². The van der Waals surface area contributed by atoms with E-state index in [2.05, 4.69) is 41.9 Å². The number of hydrogen-bond donors (Lipinski definition) is 1. The molecule has 11 heteroatoms. The lowest BCUT2D eigenvalue weighted by Gasteiger charge is -2.54. The van der Waals surface area contributed by atoms with Crippen molar-refractivity contribution in [3.63, 3.8) is 0 Å². The molecule has 9 nitrogen and oxygen atoms in total. The minimum atomic E-state index is -0.363. The Bertz CT molecular complexity index is 1400. The van der Waals surface area contributed by atoms with Crippen molar-refractivity contribution in [2.45, 2.75) is 25.5 Å². The zero-order chi connectivity index (χ0) is 25.6. The first-order valence-corrected chi connectivity index (χ1v) is 13.0. The van der Waals surface area contributed by atoms with Crippen LogP contribution in [-0.2, 0) is 4.74 Å². The van der Waals surface area contributed by atoms with Crippen LogP contribution in [0.25, 0.3) is 22.2 Å². The lowest BCUT2D eigenvalue weighted by Crippen LogP contribution is -2.70. The highest BCUT2D eigenvalue weighted by molar-refractivity contribution is 6.35. The maximum absolute atomic E-state index is 6.31. The Morgan fingerprint density at radius 2 is 1.76 bits per heavy atom. The van der Waals surface area contributed by atoms with Crippen LogP contribution in [0.5, 0.6) is 5.75 Å². The molecule has 1 aromatic carbocycles. The largest absolute Gasteiger partial charge is 0.486 e. The smallest absolute Gasteiger partial charge is 0.225 e. The lowest BCUT2D eigenvalue weighted by atomic mass is 9.90. The van der Waals surface area contributed by atoms with Gasteiger partial charge < -0.3 is 14.4 Å². The Morgan fingerprint density at radius 3 is 2.46 bits per heavy atom. The number of benzene rings is 1. The maximum Gasteiger partial charge on any atom is 0.225 e. The minimum absolute atomic E-state index is 0.141. The molecule has 0 aliphatic carbocycles. The highest BCUT2D eigenvalue weighted by Gasteiger charge is 2.44. The third-order valence-electron chi connectivity index (χ3n) is 7.18. The molecule has 4 aromatic rings. The fraction of sp³-hybridized carbons (Fsp3) is 0.385. The van der Waals surface area contributed by atoms with Crippen LogP contribution in [0.3, 0.4) is 0 Å². The van der Waals surface area contributed by atoms with E-state index in [9.17, 15) is 0 Å². The number of hydrogen-bond acceptors (Lipinski definition) is 8. The monoisotopic (exact) mass is 539 g/mol. The zero-order valence-electron chi connectivity index (χ0n) is 20.6. The zero-order valence-corrected chi connectivity index (χ0v) is 22.1. The summed E-state index contributed by atoms with van der Waals surface area (Å²) in [6.45, 7) is 9.57. The topological polar surface area (TPSA) is 92.3 Å². The van der Waals surface area contributed by atoms with Crippen LogP contribution in [0.2, 0.25) is 10.0 Å². The molecule has 0 radical (unpaired) electrons. The third-order valence-corrected chi connectivity index (χ3v) is 7.78. The lowest BCUT2D eigenvalue weighted by molar-refractivity contribution is -0.0268. The SMILES string of the molecule is C[C@@H](Oc1ccc2[nH]nc(-c3cnc(N4CC(C)(N5CCOCC5)C4)nc3)c2c1)c1c(Cl)cncc1Cl. The molecule has 2 aliphatic heterocycles. The molecule has 3 aromatic heterocycles. The van der Waals surface area contributed by atoms with E-state index in [0.29, 0.717) is 21.4 Å². The normalized spacial score (nSPS) is 18.5. The summed E-state index contributed by atoms with van der Waals surface area (Å²) in [7, 11) is 0. The number of halogens is 2. The predicted octanol–water partition coefficient (Wildman–Crippen LogP) is 4.77. The van der Waals surface area contributed by atoms with Gasteiger partial charge >= 0.3 is 0 Å². The molecule has 1 atom stereocenters. The van der Waals surface area contributed by atoms with E-state index in [1.165, 1.54) is 0 Å². The number of fused-ring (bicyclic) bond motifs is 1. The molecule has 0 saturated carbocycles. The van der Waals surface area contributed by atoms with E-state index < -0.39 is 0 Å². The van der Waals surface area contributed by atoms with Crippen molar-refractivity contribution in [2.24, 2.45) is 0 Å². The van der Waals surface area contributed by atoms with E-state index in [1.54, 1.807) is 12.4 Å². The first-order chi connectivity index (χ1) is 17.9. The summed E-state index contributed by atoms with van der Waals surface area (Å²) in [5.41, 5.74) is 3.33. The second-order valence-corrected chi connectivity index (χ2v) is 10.6. The van der Waals surface area contributed by atoms with Crippen LogP contribution >= 0.6 is 23.2 Å². The van der Waals surface area contributed by atoms with E-state index in [4.69, 9.17) is 32.7 Å². The fourth-order valence-electron chi connectivity index (χ4n) is 5.19. The molecule has 192 valence electrons. The number of nitrogens with one attached hydrogen (secondary N) is 1. The summed E-state index contributed by atoms with van der Waals surface area (Å²) >= 11 is 12.6. The summed E-state index contributed by atoms with van der Waals surface area (Å²) in [5, 5.41) is 9.46. The first-order valence-electron chi connectivity index (χ1n) is 12.3. The van der Waals surface area contributed by atoms with Gasteiger partial charge in [-0.1, -0.05) is 23.2 Å². The van der Waals surface area contributed by atoms with Crippen molar-refractivity contribution in [3.05, 3.63) is 58.6 Å². The molecule has 0 spiro atoms. The first kappa shape index (κ1) is 24.4. The molecule has 6 rings (SSSR count). The maximum atomic E-state index is 6.31. The minimum Gasteiger partial charge on any atom is -0.486 e. The molecule has 0 bridgehead atoms. The Hall–Kier alpha value is -2.98. The van der Waals surface area contributed by atoms with Crippen LogP contribution in [0, 0.1) is 0 Å². The van der Waals surface area contributed by atoms with E-state index >= 15 is 0 Å². The third kappa shape index (κ3) is 4.61. The van der Waals surface area contributed by atoms with Crippen LogP contribution in [0.15, 0.2) is 43.0 Å². The number of aromatic amines is 1. The van der Waals surface area contributed by atoms with E-state index in [1.807, 2.05) is 37.5 Å². The molecule has 2 saturated heterocycles. The molecular weight excluding hydrogens is 513 g/mol. The summed E-state index contributed by atoms with van der Waals surface area (Å²) in [4.78, 5) is 18.0. The van der Waals surface area contributed by atoms with Crippen molar-refractivity contribution in [3.8, 4) is 17.0 Å². The number of nitrogens with zero attached hydrogens (tertiary/aromatic N) is 6. The standard InChI is InChI=1S/C26H27Cl2N7O2/c1-16(23-20(27)12-29-13-21(23)28)37-18-3-4-22-19(9-18)24(33-32-22)17-10-30-25(31-11-17)34-14-26(2,15-34)35-5-7-36-8-6-35/h3-4,9-13,16H,5-8,14-15H2,1-2H3,(H,32,33)/t16-/m1/s1. The van der Waals surface area contributed by atoms with E-state index in [-0.39, 0.29) is 11.6 Å². The molecule has 2 aliphatic rings. The van der Waals surface area contributed by atoms with Gasteiger partial charge in [0.05, 0.1) is 34.3 Å². The highest BCUT2D eigenvalue weighted by atomic mass is 35.5. The highest BCUT2D eigenvalue weighted by Crippen LogP contribution is 2.35. The Labute approximate surface area is 224 Å². The van der Waals surface area contributed by atoms with Crippen molar-refractivity contribution in [1.29, 1.82) is 0 Å². The molecule has 2 fully saturated rings. The quantitative estimate of drug-likeness (QED) is 0.374. The van der Waals surface area contributed by atoms with Crippen molar-refractivity contribution in [2.75, 3.05) is 44.3 Å². The molecule has 37 heavy (non-hydrogen) atoms. The predicted molar refractivity (Wildman–Crippen MR) is 143 cm³/mol. The van der Waals surface area contributed by atoms with Gasteiger partial charge in [-0.3, -0.25) is 15.0 Å². The summed E-state index contributed by atoms with van der Waals surface area (Å²) < 4.78 is 11.7. The van der Waals surface area contributed by atoms with Gasteiger partial charge in [0, 0.05) is 67.5 Å². The van der Waals surface area contributed by atoms with Gasteiger partial charge in [0.2, 0.25) is 5.95 Å². The molecule has 0 amide bonds. The number of morpholine rings is 1. The van der Waals surface area contributed by atoms with Gasteiger partial charge in [0.1, 0.15) is 17.5 Å². The second kappa shape index (κ2) is 9.72. The van der Waals surface area contributed by atoms with E-state index in [0.717, 1.165) is 67.5 Å². The van der Waals surface area contributed by atoms with Gasteiger partial charge in [-0.15, -0.1) is 0 Å². The summed E-state index contributed by atoms with van der Waals surface area (Å²) in [6.07, 6.45) is 6.42. The second-order valence-electron chi connectivity index (χ2n) is 9.78. The average Bonchev–Trinajstić information content (AvgIpc) is 3.31. The number of ether oxygens (including phenoxy) is 2. The number of H-pyrrole nitrogens is 1. The average molecular weight is 540 g/mol. The van der Waals surface area contributed by atoms with Gasteiger partial charge in [-0.05, 0) is 32.0 Å². The van der Waals surface area contributed by atoms with Gasteiger partial charge in [0.15, 0.2) is 0 Å². The van der Waals surface area contributed by atoms with Crippen molar-refractivity contribution < 1.29 is 9.47 Å². The molecule has 0 unspecified atom stereocenters. The van der Waals surface area contributed by atoms with Gasteiger partial charge in [-0.2, -0.15) is 5.10 Å². The Morgan fingerprint density at radius 1 is 1.05 bits per heavy atom. The Balaban J connectivity index is 1.19. The molecule has 5 heterocycles. The van der Waals surface area contributed by atoms with Crippen LogP contribution in [0.1, 0.15) is 25.5 Å². The number of rotatable bonds is 6. The van der Waals surface area contributed by atoms with Gasteiger partial charge in [-0.25, -0.2) is 9.97 Å². The number of aromatic nitrogens is 5. The Kier molecular flexibility index (Phi) is 6.40. The molecular formula is C26H27Cl2N7O2. The van der Waals surface area contributed by atoms with Crippen molar-refractivity contribution in [1.82, 2.24) is 30.0 Å². The fourth-order valence-corrected chi connectivity index (χ4v) is 5.86. The number of anilines is 1. The summed E-state index contributed by atoms with van der Waals surface area (Å²) in [5.74, 6) is 1.41. The van der Waals surface area contributed by atoms with Crippen LogP contribution < -0.4 is 9.64 Å². The van der Waals surface area contributed by atoms with Gasteiger partial charge in [0.25, 0.3) is 0 Å².